The van der Waals surface area contributed by atoms with Gasteiger partial charge in [0.05, 0.1) is 11.5 Å². The third-order valence-electron chi connectivity index (χ3n) is 2.83. The monoisotopic (exact) mass is 304 g/mol. The van der Waals surface area contributed by atoms with Crippen molar-refractivity contribution in [3.63, 3.8) is 0 Å². The lowest BCUT2D eigenvalue weighted by molar-refractivity contribution is 0.357. The lowest BCUT2D eigenvalue weighted by Gasteiger charge is -2.03. The quantitative estimate of drug-likeness (QED) is 0.862. The molecule has 2 aromatic rings. The van der Waals surface area contributed by atoms with Gasteiger partial charge in [-0.1, -0.05) is 42.0 Å². The van der Waals surface area contributed by atoms with Gasteiger partial charge in [-0.2, -0.15) is 8.42 Å². The lowest BCUT2D eigenvalue weighted by atomic mass is 10.2. The van der Waals surface area contributed by atoms with Gasteiger partial charge in [0.25, 0.3) is 10.1 Å². The number of hydrogen-bond acceptors (Lipinski definition) is 4. The van der Waals surface area contributed by atoms with E-state index in [0.717, 1.165) is 11.1 Å². The molecule has 0 saturated carbocycles. The van der Waals surface area contributed by atoms with Crippen LogP contribution in [0.4, 0.5) is 0 Å². The summed E-state index contributed by atoms with van der Waals surface area (Å²) in [7, 11) is -3.73. The van der Waals surface area contributed by atoms with Gasteiger partial charge in [0.1, 0.15) is 5.75 Å². The molecule has 0 spiro atoms. The number of aromatic hydroxyl groups is 1. The zero-order chi connectivity index (χ0) is 15.3. The third-order valence-corrected chi connectivity index (χ3v) is 4.13. The van der Waals surface area contributed by atoms with E-state index in [1.54, 1.807) is 48.6 Å². The largest absolute Gasteiger partial charge is 0.508 e. The molecule has 0 atom stereocenters. The van der Waals surface area contributed by atoms with Crippen LogP contribution in [0.5, 0.6) is 5.75 Å². The summed E-state index contributed by atoms with van der Waals surface area (Å²) >= 11 is 0. The highest BCUT2D eigenvalue weighted by Crippen LogP contribution is 2.14. The van der Waals surface area contributed by atoms with Crippen LogP contribution in [0.15, 0.2) is 59.5 Å². The zero-order valence-corrected chi connectivity index (χ0v) is 12.4. The van der Waals surface area contributed by atoms with Crippen LogP contribution in [0, 0.1) is 6.92 Å². The van der Waals surface area contributed by atoms with Crippen molar-refractivity contribution in [2.45, 2.75) is 11.8 Å². The molecule has 0 aromatic heterocycles. The van der Waals surface area contributed by atoms with Gasteiger partial charge < -0.3 is 5.11 Å². The van der Waals surface area contributed by atoms with E-state index in [1.165, 1.54) is 12.1 Å². The molecule has 0 aliphatic heterocycles. The second-order valence-corrected chi connectivity index (χ2v) is 6.16. The molecule has 1 N–H and O–H groups in total. The Morgan fingerprint density at radius 3 is 2.29 bits per heavy atom. The first-order chi connectivity index (χ1) is 9.97. The fourth-order valence-corrected chi connectivity index (χ4v) is 2.53. The van der Waals surface area contributed by atoms with Crippen molar-refractivity contribution in [3.8, 4) is 5.75 Å². The van der Waals surface area contributed by atoms with Crippen LogP contribution in [0.3, 0.4) is 0 Å². The number of rotatable bonds is 5. The van der Waals surface area contributed by atoms with Crippen LogP contribution >= 0.6 is 0 Å². The van der Waals surface area contributed by atoms with Crippen molar-refractivity contribution in [1.29, 1.82) is 0 Å². The van der Waals surface area contributed by atoms with Gasteiger partial charge in [-0.05, 0) is 36.8 Å². The molecular formula is C16H16O4S. The average molecular weight is 304 g/mol. The van der Waals surface area contributed by atoms with Crippen LogP contribution in [0.1, 0.15) is 11.1 Å². The fraction of sp³-hybridized carbons (Fsp3) is 0.125. The zero-order valence-electron chi connectivity index (χ0n) is 11.6. The molecule has 5 heteroatoms. The number of phenolic OH excluding ortho intramolecular Hbond substituents is 1. The van der Waals surface area contributed by atoms with Crippen molar-refractivity contribution in [1.82, 2.24) is 0 Å². The summed E-state index contributed by atoms with van der Waals surface area (Å²) in [6.07, 6.45) is 3.34. The molecule has 110 valence electrons. The van der Waals surface area contributed by atoms with Gasteiger partial charge in [-0.3, -0.25) is 4.18 Å². The van der Waals surface area contributed by atoms with Crippen LogP contribution < -0.4 is 0 Å². The van der Waals surface area contributed by atoms with E-state index >= 15 is 0 Å². The summed E-state index contributed by atoms with van der Waals surface area (Å²) < 4.78 is 28.8. The Labute approximate surface area is 124 Å². The van der Waals surface area contributed by atoms with E-state index in [9.17, 15) is 8.42 Å². The summed E-state index contributed by atoms with van der Waals surface area (Å²) in [4.78, 5) is 0.145. The summed E-state index contributed by atoms with van der Waals surface area (Å²) in [5.74, 6) is 0.186. The van der Waals surface area contributed by atoms with Gasteiger partial charge in [0, 0.05) is 0 Å². The summed E-state index contributed by atoms with van der Waals surface area (Å²) in [6.45, 7) is 1.84. The molecule has 0 saturated heterocycles. The van der Waals surface area contributed by atoms with Gasteiger partial charge in [-0.15, -0.1) is 0 Å². The predicted molar refractivity (Wildman–Crippen MR) is 81.5 cm³/mol. The van der Waals surface area contributed by atoms with Crippen LogP contribution in [0.25, 0.3) is 6.08 Å². The van der Waals surface area contributed by atoms with E-state index < -0.39 is 10.1 Å². The molecule has 0 heterocycles. The maximum Gasteiger partial charge on any atom is 0.297 e. The molecule has 2 rings (SSSR count). The Morgan fingerprint density at radius 2 is 1.67 bits per heavy atom. The number of benzene rings is 2. The van der Waals surface area contributed by atoms with Gasteiger partial charge in [0.15, 0.2) is 0 Å². The first-order valence-corrected chi connectivity index (χ1v) is 7.80. The second-order valence-electron chi connectivity index (χ2n) is 4.55. The van der Waals surface area contributed by atoms with Gasteiger partial charge >= 0.3 is 0 Å². The first kappa shape index (κ1) is 15.3. The van der Waals surface area contributed by atoms with Crippen LogP contribution in [0.2, 0.25) is 0 Å². The topological polar surface area (TPSA) is 63.6 Å². The molecule has 0 aliphatic carbocycles. The molecule has 2 aromatic carbocycles. The highest BCUT2D eigenvalue weighted by atomic mass is 32.2. The third kappa shape index (κ3) is 4.44. The Kier molecular flexibility index (Phi) is 4.77. The molecule has 0 radical (unpaired) electrons. The standard InChI is InChI=1S/C16H16O4S/c1-13-4-10-16(11-5-13)21(18,19)20-12-2-3-14-6-8-15(17)9-7-14/h2-11,17H,12H2,1H3. The number of aryl methyl sites for hydroxylation is 1. The van der Waals surface area contributed by atoms with E-state index in [1.807, 2.05) is 6.92 Å². The minimum atomic E-state index is -3.73. The van der Waals surface area contributed by atoms with Crippen molar-refractivity contribution in [2.75, 3.05) is 6.61 Å². The minimum absolute atomic E-state index is 0.0446. The molecule has 0 fully saturated rings. The van der Waals surface area contributed by atoms with Gasteiger partial charge in [-0.25, -0.2) is 0 Å². The molecule has 4 nitrogen and oxygen atoms in total. The Morgan fingerprint density at radius 1 is 1.05 bits per heavy atom. The molecule has 0 bridgehead atoms. The number of hydrogen-bond donors (Lipinski definition) is 1. The normalized spacial score (nSPS) is 11.9. The summed E-state index contributed by atoms with van der Waals surface area (Å²) in [5.41, 5.74) is 1.84. The SMILES string of the molecule is Cc1ccc(S(=O)(=O)OCC=Cc2ccc(O)cc2)cc1. The van der Waals surface area contributed by atoms with E-state index in [4.69, 9.17) is 9.29 Å². The Hall–Kier alpha value is -2.11. The average Bonchev–Trinajstić information content (AvgIpc) is 2.46. The predicted octanol–water partition coefficient (Wildman–Crippen LogP) is 3.12. The Balaban J connectivity index is 1.96. The van der Waals surface area contributed by atoms with Crippen LogP contribution in [-0.4, -0.2) is 20.1 Å². The summed E-state index contributed by atoms with van der Waals surface area (Å²) in [5, 5.41) is 9.15. The smallest absolute Gasteiger partial charge is 0.297 e. The maximum absolute atomic E-state index is 11.9. The van der Waals surface area contributed by atoms with Gasteiger partial charge in [0.2, 0.25) is 0 Å². The molecule has 21 heavy (non-hydrogen) atoms. The van der Waals surface area contributed by atoms with Crippen molar-refractivity contribution in [2.24, 2.45) is 0 Å². The Bertz CT molecular complexity index is 714. The van der Waals surface area contributed by atoms with Crippen LogP contribution in [-0.2, 0) is 14.3 Å². The van der Waals surface area contributed by atoms with Crippen molar-refractivity contribution < 1.29 is 17.7 Å². The van der Waals surface area contributed by atoms with Crippen molar-refractivity contribution in [3.05, 3.63) is 65.7 Å². The minimum Gasteiger partial charge on any atom is -0.508 e. The number of phenols is 1. The molecule has 0 aliphatic rings. The van der Waals surface area contributed by atoms with E-state index in [0.29, 0.717) is 0 Å². The molecule has 0 amide bonds. The van der Waals surface area contributed by atoms with E-state index in [-0.39, 0.29) is 17.3 Å². The highest BCUT2D eigenvalue weighted by molar-refractivity contribution is 7.86. The first-order valence-electron chi connectivity index (χ1n) is 6.39. The molecular weight excluding hydrogens is 288 g/mol. The molecule has 0 unspecified atom stereocenters. The fourth-order valence-electron chi connectivity index (χ4n) is 1.67. The van der Waals surface area contributed by atoms with Crippen molar-refractivity contribution >= 4 is 16.2 Å². The second kappa shape index (κ2) is 6.56. The van der Waals surface area contributed by atoms with E-state index in [2.05, 4.69) is 0 Å². The maximum atomic E-state index is 11.9. The summed E-state index contributed by atoms with van der Waals surface area (Å²) in [6, 6.07) is 13.1. The lowest BCUT2D eigenvalue weighted by Crippen LogP contribution is -2.06. The highest BCUT2D eigenvalue weighted by Gasteiger charge is 2.13.